The number of nitrogens with one attached hydrogen (secondary N) is 3. The van der Waals surface area contributed by atoms with Crippen LogP contribution in [0.1, 0.15) is 45.3 Å². The maximum absolute atomic E-state index is 12.5. The molecule has 152 valence electrons. The molecule has 0 saturated heterocycles. The SMILES string of the molecule is CCc1c(NC(=O)Nc2cccc(Nc3ccccc3)n2)cnn1C(CC)CC. The van der Waals surface area contributed by atoms with Crippen molar-refractivity contribution in [1.82, 2.24) is 14.8 Å². The summed E-state index contributed by atoms with van der Waals surface area (Å²) >= 11 is 0. The summed E-state index contributed by atoms with van der Waals surface area (Å²) in [6.07, 6.45) is 4.52. The van der Waals surface area contributed by atoms with Gasteiger partial charge in [-0.3, -0.25) is 10.00 Å². The van der Waals surface area contributed by atoms with E-state index in [4.69, 9.17) is 0 Å². The summed E-state index contributed by atoms with van der Waals surface area (Å²) in [7, 11) is 0. The van der Waals surface area contributed by atoms with Crippen LogP contribution in [0.5, 0.6) is 0 Å². The molecule has 7 nitrogen and oxygen atoms in total. The number of pyridine rings is 1. The molecule has 7 heteroatoms. The number of urea groups is 1. The average molecular weight is 393 g/mol. The smallest absolute Gasteiger partial charge is 0.324 e. The molecular formula is C22H28N6O. The lowest BCUT2D eigenvalue weighted by Crippen LogP contribution is -2.21. The van der Waals surface area contributed by atoms with Gasteiger partial charge in [-0.2, -0.15) is 5.10 Å². The molecular weight excluding hydrogens is 364 g/mol. The minimum atomic E-state index is -0.340. The van der Waals surface area contributed by atoms with Crippen LogP contribution in [-0.2, 0) is 6.42 Å². The van der Waals surface area contributed by atoms with Gasteiger partial charge in [-0.1, -0.05) is 45.0 Å². The van der Waals surface area contributed by atoms with Gasteiger partial charge in [0.15, 0.2) is 0 Å². The minimum Gasteiger partial charge on any atom is -0.340 e. The third-order valence-corrected chi connectivity index (χ3v) is 4.81. The quantitative estimate of drug-likeness (QED) is 0.467. The highest BCUT2D eigenvalue weighted by Crippen LogP contribution is 2.24. The Kier molecular flexibility index (Phi) is 6.84. The van der Waals surface area contributed by atoms with Crippen LogP contribution in [0.2, 0.25) is 0 Å². The van der Waals surface area contributed by atoms with Gasteiger partial charge in [-0.05, 0) is 43.5 Å². The number of carbonyl (C=O) groups excluding carboxylic acids is 1. The first-order valence-corrected chi connectivity index (χ1v) is 10.1. The molecule has 29 heavy (non-hydrogen) atoms. The fourth-order valence-corrected chi connectivity index (χ4v) is 3.31. The zero-order chi connectivity index (χ0) is 20.6. The highest BCUT2D eigenvalue weighted by Gasteiger charge is 2.16. The summed E-state index contributed by atoms with van der Waals surface area (Å²) in [4.78, 5) is 17.0. The van der Waals surface area contributed by atoms with Gasteiger partial charge < -0.3 is 10.6 Å². The van der Waals surface area contributed by atoms with Gasteiger partial charge in [0, 0.05) is 5.69 Å². The molecule has 0 atom stereocenters. The highest BCUT2D eigenvalue weighted by molar-refractivity contribution is 5.99. The summed E-state index contributed by atoms with van der Waals surface area (Å²) in [6.45, 7) is 6.37. The van der Waals surface area contributed by atoms with Gasteiger partial charge in [0.05, 0.1) is 23.6 Å². The monoisotopic (exact) mass is 392 g/mol. The van der Waals surface area contributed by atoms with Crippen molar-refractivity contribution in [3.8, 4) is 0 Å². The van der Waals surface area contributed by atoms with E-state index in [1.54, 1.807) is 12.3 Å². The lowest BCUT2D eigenvalue weighted by Gasteiger charge is -2.17. The first-order chi connectivity index (χ1) is 14.1. The molecule has 0 fully saturated rings. The van der Waals surface area contributed by atoms with E-state index in [-0.39, 0.29) is 6.03 Å². The zero-order valence-corrected chi connectivity index (χ0v) is 17.1. The molecule has 2 heterocycles. The Hall–Kier alpha value is -3.35. The number of hydrogen-bond acceptors (Lipinski definition) is 4. The van der Waals surface area contributed by atoms with Crippen LogP contribution in [0.15, 0.2) is 54.7 Å². The van der Waals surface area contributed by atoms with Crippen LogP contribution in [0.25, 0.3) is 0 Å². The Morgan fingerprint density at radius 2 is 1.69 bits per heavy atom. The standard InChI is InChI=1S/C22H28N6O/c1-4-17(5-2)28-19(6-3)18(15-23-28)25-22(29)27-21-14-10-13-20(26-21)24-16-11-8-7-9-12-16/h7-15,17H,4-6H2,1-3H3,(H3,24,25,26,27,29). The van der Waals surface area contributed by atoms with E-state index < -0.39 is 0 Å². The topological polar surface area (TPSA) is 83.9 Å². The van der Waals surface area contributed by atoms with E-state index in [9.17, 15) is 4.79 Å². The maximum Gasteiger partial charge on any atom is 0.324 e. The molecule has 3 aromatic rings. The van der Waals surface area contributed by atoms with E-state index in [0.717, 1.165) is 36.3 Å². The van der Waals surface area contributed by atoms with Crippen LogP contribution in [0.3, 0.4) is 0 Å². The van der Waals surface area contributed by atoms with E-state index in [0.29, 0.717) is 17.7 Å². The van der Waals surface area contributed by atoms with Crippen molar-refractivity contribution in [3.05, 3.63) is 60.4 Å². The fraction of sp³-hybridized carbons (Fsp3) is 0.318. The van der Waals surface area contributed by atoms with Crippen molar-refractivity contribution in [2.45, 2.75) is 46.1 Å². The summed E-state index contributed by atoms with van der Waals surface area (Å²) in [5.74, 6) is 1.12. The van der Waals surface area contributed by atoms with Crippen molar-refractivity contribution in [1.29, 1.82) is 0 Å². The lowest BCUT2D eigenvalue weighted by molar-refractivity contribution is 0.262. The van der Waals surface area contributed by atoms with Gasteiger partial charge in [-0.15, -0.1) is 0 Å². The van der Waals surface area contributed by atoms with Crippen LogP contribution >= 0.6 is 0 Å². The van der Waals surface area contributed by atoms with Crippen LogP contribution in [0.4, 0.5) is 27.8 Å². The lowest BCUT2D eigenvalue weighted by atomic mass is 10.1. The second kappa shape index (κ2) is 9.73. The maximum atomic E-state index is 12.5. The van der Waals surface area contributed by atoms with Crippen molar-refractivity contribution >= 4 is 29.0 Å². The molecule has 0 aliphatic heterocycles. The van der Waals surface area contributed by atoms with Gasteiger partial charge in [-0.25, -0.2) is 9.78 Å². The Labute approximate surface area is 171 Å². The first kappa shape index (κ1) is 20.4. The average Bonchev–Trinajstić information content (AvgIpc) is 3.12. The van der Waals surface area contributed by atoms with E-state index in [2.05, 4.69) is 46.8 Å². The van der Waals surface area contributed by atoms with Crippen molar-refractivity contribution in [2.75, 3.05) is 16.0 Å². The molecule has 0 bridgehead atoms. The molecule has 2 aromatic heterocycles. The number of aromatic nitrogens is 3. The molecule has 0 spiro atoms. The van der Waals surface area contributed by atoms with Crippen LogP contribution < -0.4 is 16.0 Å². The number of carbonyl (C=O) groups is 1. The largest absolute Gasteiger partial charge is 0.340 e. The summed E-state index contributed by atoms with van der Waals surface area (Å²) in [6, 6.07) is 15.2. The third-order valence-electron chi connectivity index (χ3n) is 4.81. The van der Waals surface area contributed by atoms with Gasteiger partial charge in [0.1, 0.15) is 11.6 Å². The van der Waals surface area contributed by atoms with E-state index in [1.165, 1.54) is 0 Å². The fourth-order valence-electron chi connectivity index (χ4n) is 3.31. The number of para-hydroxylation sites is 1. The predicted molar refractivity (Wildman–Crippen MR) is 118 cm³/mol. The second-order valence-corrected chi connectivity index (χ2v) is 6.75. The highest BCUT2D eigenvalue weighted by atomic mass is 16.2. The molecule has 3 N–H and O–H groups in total. The number of hydrogen-bond donors (Lipinski definition) is 3. The Morgan fingerprint density at radius 1 is 0.966 bits per heavy atom. The molecule has 0 aliphatic rings. The zero-order valence-electron chi connectivity index (χ0n) is 17.1. The molecule has 0 saturated carbocycles. The Bertz CT molecular complexity index is 933. The summed E-state index contributed by atoms with van der Waals surface area (Å²) in [5.41, 5.74) is 2.69. The second-order valence-electron chi connectivity index (χ2n) is 6.75. The number of rotatable bonds is 8. The number of benzene rings is 1. The summed E-state index contributed by atoms with van der Waals surface area (Å²) < 4.78 is 2.03. The van der Waals surface area contributed by atoms with Gasteiger partial charge in [0.2, 0.25) is 0 Å². The molecule has 0 aliphatic carbocycles. The predicted octanol–water partition coefficient (Wildman–Crippen LogP) is 5.59. The minimum absolute atomic E-state index is 0.339. The molecule has 1 aromatic carbocycles. The Morgan fingerprint density at radius 3 is 2.38 bits per heavy atom. The number of amides is 2. The Balaban J connectivity index is 1.68. The van der Waals surface area contributed by atoms with Crippen LogP contribution in [-0.4, -0.2) is 20.8 Å². The molecule has 0 unspecified atom stereocenters. The van der Waals surface area contributed by atoms with Gasteiger partial charge >= 0.3 is 6.03 Å². The van der Waals surface area contributed by atoms with Crippen molar-refractivity contribution in [2.24, 2.45) is 0 Å². The molecule has 0 radical (unpaired) electrons. The number of anilines is 4. The third kappa shape index (κ3) is 5.13. The summed E-state index contributed by atoms with van der Waals surface area (Å²) in [5, 5.41) is 13.4. The first-order valence-electron chi connectivity index (χ1n) is 10.1. The van der Waals surface area contributed by atoms with E-state index >= 15 is 0 Å². The van der Waals surface area contributed by atoms with E-state index in [1.807, 2.05) is 47.1 Å². The van der Waals surface area contributed by atoms with Crippen molar-refractivity contribution < 1.29 is 4.79 Å². The van der Waals surface area contributed by atoms with Crippen LogP contribution in [0, 0.1) is 0 Å². The number of nitrogens with zero attached hydrogens (tertiary/aromatic N) is 3. The normalized spacial score (nSPS) is 10.8. The molecule has 3 rings (SSSR count). The molecule has 2 amide bonds. The van der Waals surface area contributed by atoms with Crippen molar-refractivity contribution in [3.63, 3.8) is 0 Å². The van der Waals surface area contributed by atoms with Gasteiger partial charge in [0.25, 0.3) is 0 Å².